The number of nitrogens with two attached hydrogens (primary N) is 1. The van der Waals surface area contributed by atoms with Crippen molar-refractivity contribution in [3.05, 3.63) is 0 Å². The minimum absolute atomic E-state index is 0.261. The third kappa shape index (κ3) is 7.53. The zero-order chi connectivity index (χ0) is 17.7. The van der Waals surface area contributed by atoms with Gasteiger partial charge in [-0.15, -0.1) is 0 Å². The van der Waals surface area contributed by atoms with Gasteiger partial charge in [-0.2, -0.15) is 0 Å². The van der Waals surface area contributed by atoms with Crippen LogP contribution < -0.4 is 5.73 Å². The molecular weight excluding hydrogens is 292 g/mol. The molecule has 5 heteroatoms. The van der Waals surface area contributed by atoms with E-state index in [1.165, 1.54) is 6.42 Å². The van der Waals surface area contributed by atoms with Gasteiger partial charge in [0.1, 0.15) is 5.60 Å². The minimum atomic E-state index is -0.490. The number of rotatable bonds is 5. The molecule has 0 aromatic heterocycles. The Bertz CT molecular complexity index is 365. The fraction of sp³-hybridized carbons (Fsp3) is 0.944. The summed E-state index contributed by atoms with van der Waals surface area (Å²) in [6.45, 7) is 14.7. The van der Waals surface area contributed by atoms with Crippen LogP contribution in [0, 0.1) is 11.8 Å². The molecule has 1 aliphatic heterocycles. The summed E-state index contributed by atoms with van der Waals surface area (Å²) < 4.78 is 11.2. The lowest BCUT2D eigenvalue weighted by Gasteiger charge is -2.39. The maximum Gasteiger partial charge on any atom is 0.410 e. The van der Waals surface area contributed by atoms with E-state index in [0.29, 0.717) is 19.0 Å². The number of nitrogens with zero attached hydrogens (tertiary/aromatic N) is 1. The molecule has 5 nitrogen and oxygen atoms in total. The van der Waals surface area contributed by atoms with E-state index in [2.05, 4.69) is 0 Å². The van der Waals surface area contributed by atoms with Crippen LogP contribution in [0.5, 0.6) is 0 Å². The Kier molecular flexibility index (Phi) is 7.33. The van der Waals surface area contributed by atoms with Crippen molar-refractivity contribution in [2.45, 2.75) is 71.9 Å². The summed E-state index contributed by atoms with van der Waals surface area (Å²) in [5, 5.41) is 0. The van der Waals surface area contributed by atoms with Crippen molar-refractivity contribution in [1.29, 1.82) is 0 Å². The van der Waals surface area contributed by atoms with Crippen molar-refractivity contribution in [3.8, 4) is 0 Å². The van der Waals surface area contributed by atoms with Crippen LogP contribution in [0.1, 0.15) is 60.8 Å². The van der Waals surface area contributed by atoms with Crippen LogP contribution in [0.2, 0.25) is 0 Å². The number of carbonyl (C=O) groups is 1. The van der Waals surface area contributed by atoms with Gasteiger partial charge in [-0.3, -0.25) is 0 Å². The summed E-state index contributed by atoms with van der Waals surface area (Å²) in [7, 11) is 0. The van der Waals surface area contributed by atoms with E-state index >= 15 is 0 Å². The molecule has 0 spiro atoms. The maximum absolute atomic E-state index is 12.6. The molecule has 0 saturated carbocycles. The molecule has 1 amide bonds. The Morgan fingerprint density at radius 3 is 2.39 bits per heavy atom. The molecule has 23 heavy (non-hydrogen) atoms. The Morgan fingerprint density at radius 1 is 1.30 bits per heavy atom. The van der Waals surface area contributed by atoms with Crippen molar-refractivity contribution in [2.75, 3.05) is 26.3 Å². The zero-order valence-corrected chi connectivity index (χ0v) is 15.9. The van der Waals surface area contributed by atoms with Crippen LogP contribution in [0.3, 0.4) is 0 Å². The van der Waals surface area contributed by atoms with E-state index in [4.69, 9.17) is 15.2 Å². The van der Waals surface area contributed by atoms with Crippen LogP contribution in [-0.2, 0) is 9.47 Å². The van der Waals surface area contributed by atoms with Gasteiger partial charge in [0, 0.05) is 25.3 Å². The summed E-state index contributed by atoms with van der Waals surface area (Å²) in [6.07, 6.45) is 3.06. The van der Waals surface area contributed by atoms with Gasteiger partial charge in [-0.05, 0) is 79.2 Å². The van der Waals surface area contributed by atoms with E-state index in [-0.39, 0.29) is 17.6 Å². The average molecular weight is 328 g/mol. The van der Waals surface area contributed by atoms with Crippen molar-refractivity contribution >= 4 is 6.09 Å². The number of carbonyl (C=O) groups excluding carboxylic acids is 1. The number of hydrogen-bond acceptors (Lipinski definition) is 4. The number of amides is 1. The molecule has 136 valence electrons. The summed E-state index contributed by atoms with van der Waals surface area (Å²) >= 11 is 0. The Hall–Kier alpha value is -0.810. The van der Waals surface area contributed by atoms with Gasteiger partial charge in [0.2, 0.25) is 0 Å². The van der Waals surface area contributed by atoms with E-state index in [9.17, 15) is 4.79 Å². The predicted molar refractivity (Wildman–Crippen MR) is 93.4 cm³/mol. The predicted octanol–water partition coefficient (Wildman–Crippen LogP) is 3.41. The van der Waals surface area contributed by atoms with Gasteiger partial charge in [-0.25, -0.2) is 4.79 Å². The SMILES string of the molecule is CC(C)(C)OC(=O)N(C[C@@H](CN)C[C@@H]1CCCOC1)C(C)(C)C. The van der Waals surface area contributed by atoms with Crippen LogP contribution in [0.15, 0.2) is 0 Å². The smallest absolute Gasteiger partial charge is 0.410 e. The van der Waals surface area contributed by atoms with Gasteiger partial charge in [0.25, 0.3) is 0 Å². The van der Waals surface area contributed by atoms with E-state index in [0.717, 1.165) is 26.1 Å². The van der Waals surface area contributed by atoms with Gasteiger partial charge >= 0.3 is 6.09 Å². The van der Waals surface area contributed by atoms with Crippen LogP contribution in [0.4, 0.5) is 4.79 Å². The molecule has 1 heterocycles. The lowest BCUT2D eigenvalue weighted by molar-refractivity contribution is -0.00161. The molecule has 1 aliphatic rings. The average Bonchev–Trinajstić information content (AvgIpc) is 2.41. The van der Waals surface area contributed by atoms with E-state index in [1.54, 1.807) is 0 Å². The van der Waals surface area contributed by atoms with E-state index < -0.39 is 5.60 Å². The molecule has 0 radical (unpaired) electrons. The fourth-order valence-electron chi connectivity index (χ4n) is 2.91. The Morgan fingerprint density at radius 2 is 1.96 bits per heavy atom. The third-order valence-electron chi connectivity index (χ3n) is 4.12. The van der Waals surface area contributed by atoms with Crippen LogP contribution >= 0.6 is 0 Å². The van der Waals surface area contributed by atoms with Gasteiger partial charge in [0.05, 0.1) is 0 Å². The lowest BCUT2D eigenvalue weighted by Crippen LogP contribution is -2.51. The second-order valence-electron chi connectivity index (χ2n) is 8.68. The van der Waals surface area contributed by atoms with Crippen molar-refractivity contribution in [2.24, 2.45) is 17.6 Å². The molecule has 1 rings (SSSR count). The first-order chi connectivity index (χ1) is 10.5. The Balaban J connectivity index is 2.71. The minimum Gasteiger partial charge on any atom is -0.444 e. The molecule has 2 N–H and O–H groups in total. The summed E-state index contributed by atoms with van der Waals surface area (Å²) in [5.74, 6) is 0.825. The van der Waals surface area contributed by atoms with Gasteiger partial charge in [-0.1, -0.05) is 0 Å². The summed E-state index contributed by atoms with van der Waals surface area (Å²) in [5.41, 5.74) is 5.21. The highest BCUT2D eigenvalue weighted by atomic mass is 16.6. The second kappa shape index (κ2) is 8.34. The monoisotopic (exact) mass is 328 g/mol. The van der Waals surface area contributed by atoms with E-state index in [1.807, 2.05) is 46.4 Å². The molecule has 1 saturated heterocycles. The fourth-order valence-corrected chi connectivity index (χ4v) is 2.91. The zero-order valence-electron chi connectivity index (χ0n) is 15.9. The van der Waals surface area contributed by atoms with Crippen molar-refractivity contribution in [1.82, 2.24) is 4.90 Å². The van der Waals surface area contributed by atoms with Crippen molar-refractivity contribution in [3.63, 3.8) is 0 Å². The molecule has 0 aliphatic carbocycles. The van der Waals surface area contributed by atoms with Crippen molar-refractivity contribution < 1.29 is 14.3 Å². The largest absolute Gasteiger partial charge is 0.444 e. The highest BCUT2D eigenvalue weighted by Gasteiger charge is 2.33. The summed E-state index contributed by atoms with van der Waals surface area (Å²) in [4.78, 5) is 14.4. The van der Waals surface area contributed by atoms with Crippen LogP contribution in [-0.4, -0.2) is 48.4 Å². The molecule has 1 fully saturated rings. The standard InChI is InChI=1S/C18H36N2O3/c1-17(2,3)20(16(21)23-18(4,5)6)12-15(11-19)10-14-8-7-9-22-13-14/h14-15H,7-13,19H2,1-6H3/t14-,15+/m0/s1. The first-order valence-corrected chi connectivity index (χ1v) is 8.81. The lowest BCUT2D eigenvalue weighted by atomic mass is 9.89. The molecule has 0 unspecified atom stereocenters. The van der Waals surface area contributed by atoms with Crippen LogP contribution in [0.25, 0.3) is 0 Å². The molecule has 2 atom stereocenters. The normalized spacial score (nSPS) is 20.9. The van der Waals surface area contributed by atoms with Gasteiger partial charge < -0.3 is 20.1 Å². The summed E-state index contributed by atoms with van der Waals surface area (Å²) in [6, 6.07) is 0. The molecule has 0 aromatic carbocycles. The molecular formula is C18H36N2O3. The number of hydrogen-bond donors (Lipinski definition) is 1. The second-order valence-corrected chi connectivity index (χ2v) is 8.68. The topological polar surface area (TPSA) is 64.8 Å². The first-order valence-electron chi connectivity index (χ1n) is 8.81. The highest BCUT2D eigenvalue weighted by molar-refractivity contribution is 5.69. The maximum atomic E-state index is 12.6. The third-order valence-corrected chi connectivity index (χ3v) is 4.12. The Labute approximate surface area is 141 Å². The molecule has 0 aromatic rings. The quantitative estimate of drug-likeness (QED) is 0.840. The molecule has 0 bridgehead atoms. The number of ether oxygens (including phenoxy) is 2. The first kappa shape index (κ1) is 20.2. The highest BCUT2D eigenvalue weighted by Crippen LogP contribution is 2.25. The van der Waals surface area contributed by atoms with Gasteiger partial charge in [0.15, 0.2) is 0 Å².